The highest BCUT2D eigenvalue weighted by molar-refractivity contribution is 6.03. The van der Waals surface area contributed by atoms with Crippen molar-refractivity contribution < 1.29 is 9.53 Å². The van der Waals surface area contributed by atoms with Crippen LogP contribution in [-0.4, -0.2) is 51.4 Å². The molecule has 8 nitrogen and oxygen atoms in total. The van der Waals surface area contributed by atoms with Crippen molar-refractivity contribution in [3.63, 3.8) is 0 Å². The summed E-state index contributed by atoms with van der Waals surface area (Å²) in [4.78, 5) is 31.3. The summed E-state index contributed by atoms with van der Waals surface area (Å²) >= 11 is 0. The molecule has 0 spiro atoms. The van der Waals surface area contributed by atoms with Gasteiger partial charge in [0.15, 0.2) is 5.65 Å². The van der Waals surface area contributed by atoms with Crippen LogP contribution < -0.4 is 10.1 Å². The molecule has 5 aromatic rings. The second kappa shape index (κ2) is 9.97. The molecule has 8 heteroatoms. The Hall–Kier alpha value is -4.56. The molecular weight excluding hydrogens is 452 g/mol. The number of hydrogen-bond donors (Lipinski definition) is 2. The molecular formula is C28H26N6O2. The summed E-state index contributed by atoms with van der Waals surface area (Å²) in [5, 5.41) is 3.96. The van der Waals surface area contributed by atoms with Crippen molar-refractivity contribution in [1.82, 2.24) is 24.8 Å². The van der Waals surface area contributed by atoms with Gasteiger partial charge in [0.25, 0.3) is 5.91 Å². The van der Waals surface area contributed by atoms with E-state index in [4.69, 9.17) is 9.72 Å². The van der Waals surface area contributed by atoms with Crippen LogP contribution in [0.3, 0.4) is 0 Å². The third-order valence-electron chi connectivity index (χ3n) is 5.71. The van der Waals surface area contributed by atoms with Crippen LogP contribution >= 0.6 is 0 Å². The molecule has 3 aromatic heterocycles. The van der Waals surface area contributed by atoms with E-state index in [-0.39, 0.29) is 5.91 Å². The van der Waals surface area contributed by atoms with Crippen LogP contribution in [0.5, 0.6) is 11.6 Å². The lowest BCUT2D eigenvalue weighted by atomic mass is 10.1. The van der Waals surface area contributed by atoms with Gasteiger partial charge in [-0.1, -0.05) is 24.3 Å². The van der Waals surface area contributed by atoms with Crippen molar-refractivity contribution in [2.75, 3.05) is 26.0 Å². The lowest BCUT2D eigenvalue weighted by molar-refractivity contribution is -0.112. The van der Waals surface area contributed by atoms with Crippen LogP contribution in [0.1, 0.15) is 6.92 Å². The highest BCUT2D eigenvalue weighted by Crippen LogP contribution is 2.31. The molecule has 0 aliphatic rings. The minimum Gasteiger partial charge on any atom is -0.437 e. The third kappa shape index (κ3) is 5.08. The summed E-state index contributed by atoms with van der Waals surface area (Å²) in [7, 11) is 3.91. The van der Waals surface area contributed by atoms with Gasteiger partial charge in [0.05, 0.1) is 11.7 Å². The molecule has 1 amide bonds. The molecule has 2 N–H and O–H groups in total. The van der Waals surface area contributed by atoms with E-state index in [1.807, 2.05) is 73.7 Å². The van der Waals surface area contributed by atoms with Crippen molar-refractivity contribution in [3.05, 3.63) is 84.8 Å². The van der Waals surface area contributed by atoms with Gasteiger partial charge in [0.2, 0.25) is 5.88 Å². The molecule has 0 radical (unpaired) electrons. The van der Waals surface area contributed by atoms with Crippen molar-refractivity contribution in [3.8, 4) is 22.8 Å². The van der Waals surface area contributed by atoms with E-state index in [0.717, 1.165) is 22.0 Å². The van der Waals surface area contributed by atoms with Crippen molar-refractivity contribution in [1.29, 1.82) is 0 Å². The number of aromatic amines is 1. The average Bonchev–Trinajstić information content (AvgIpc) is 3.30. The minimum atomic E-state index is -0.155. The van der Waals surface area contributed by atoms with Gasteiger partial charge in [-0.2, -0.15) is 0 Å². The fraction of sp³-hybridized carbons (Fsp3) is 0.143. The number of ether oxygens (including phenoxy) is 1. The number of aromatic nitrogens is 4. The van der Waals surface area contributed by atoms with E-state index in [1.54, 1.807) is 25.4 Å². The molecule has 0 saturated carbocycles. The summed E-state index contributed by atoms with van der Waals surface area (Å²) in [5.41, 5.74) is 5.54. The molecule has 180 valence electrons. The van der Waals surface area contributed by atoms with Crippen molar-refractivity contribution in [2.45, 2.75) is 6.92 Å². The van der Waals surface area contributed by atoms with Gasteiger partial charge in [-0.25, -0.2) is 9.97 Å². The van der Waals surface area contributed by atoms with Gasteiger partial charge >= 0.3 is 0 Å². The number of likely N-dealkylation sites (N-methyl/N-ethyl adjacent to an activating group) is 1. The van der Waals surface area contributed by atoms with Gasteiger partial charge in [0.1, 0.15) is 11.3 Å². The quantitative estimate of drug-likeness (QED) is 0.304. The van der Waals surface area contributed by atoms with Crippen LogP contribution in [-0.2, 0) is 4.79 Å². The number of nitrogens with zero attached hydrogens (tertiary/aromatic N) is 4. The maximum Gasteiger partial charge on any atom is 0.251 e. The fourth-order valence-corrected chi connectivity index (χ4v) is 3.79. The summed E-state index contributed by atoms with van der Waals surface area (Å²) in [6.45, 7) is 2.49. The average molecular weight is 479 g/mol. The highest BCUT2D eigenvalue weighted by Gasteiger charge is 2.12. The SMILES string of the molecule is C/C(=C\CN(C)C)C(=O)Nc1cccc(Oc2cnc3[nH]cc(-c4ccc5ncccc5c4)c3n2)c1. The first kappa shape index (κ1) is 23.2. The lowest BCUT2D eigenvalue weighted by Gasteiger charge is -2.10. The molecule has 0 aliphatic carbocycles. The molecule has 0 aliphatic heterocycles. The first-order chi connectivity index (χ1) is 17.5. The first-order valence-corrected chi connectivity index (χ1v) is 11.6. The van der Waals surface area contributed by atoms with Crippen LogP contribution in [0.15, 0.2) is 84.8 Å². The fourth-order valence-electron chi connectivity index (χ4n) is 3.79. The zero-order valence-corrected chi connectivity index (χ0v) is 20.3. The predicted octanol–water partition coefficient (Wildman–Crippen LogP) is 5.41. The zero-order chi connectivity index (χ0) is 25.1. The monoisotopic (exact) mass is 478 g/mol. The second-order valence-electron chi connectivity index (χ2n) is 8.75. The van der Waals surface area contributed by atoms with Gasteiger partial charge in [-0.3, -0.25) is 9.78 Å². The van der Waals surface area contributed by atoms with Gasteiger partial charge < -0.3 is 19.9 Å². The molecule has 0 bridgehead atoms. The number of nitrogens with one attached hydrogen (secondary N) is 2. The summed E-state index contributed by atoms with van der Waals surface area (Å²) in [6.07, 6.45) is 7.15. The number of carbonyl (C=O) groups is 1. The third-order valence-corrected chi connectivity index (χ3v) is 5.71. The predicted molar refractivity (Wildman–Crippen MR) is 142 cm³/mol. The molecule has 0 atom stereocenters. The topological polar surface area (TPSA) is 96.0 Å². The van der Waals surface area contributed by atoms with Crippen LogP contribution in [0.2, 0.25) is 0 Å². The molecule has 0 saturated heterocycles. The lowest BCUT2D eigenvalue weighted by Crippen LogP contribution is -2.16. The van der Waals surface area contributed by atoms with E-state index < -0.39 is 0 Å². The Labute approximate surface area is 208 Å². The molecule has 5 rings (SSSR count). The Kier molecular flexibility index (Phi) is 6.42. The van der Waals surface area contributed by atoms with Crippen LogP contribution in [0.25, 0.3) is 33.2 Å². The number of fused-ring (bicyclic) bond motifs is 2. The smallest absolute Gasteiger partial charge is 0.251 e. The zero-order valence-electron chi connectivity index (χ0n) is 20.3. The van der Waals surface area contributed by atoms with Crippen molar-refractivity contribution in [2.24, 2.45) is 0 Å². The van der Waals surface area contributed by atoms with E-state index in [0.29, 0.717) is 40.6 Å². The Balaban J connectivity index is 1.37. The number of pyridine rings is 1. The standard InChI is InChI=1S/C28H26N6O2/c1-18(11-13-34(2)3)28(35)32-21-7-4-8-22(15-21)36-25-17-31-27-26(33-25)23(16-30-27)19-9-10-24-20(14-19)6-5-12-29-24/h4-12,14-17H,13H2,1-3H3,(H,30,31)(H,32,35)/b18-11+. The Morgan fingerprint density at radius 1 is 1.11 bits per heavy atom. The maximum atomic E-state index is 12.5. The van der Waals surface area contributed by atoms with Gasteiger partial charge in [-0.05, 0) is 56.9 Å². The largest absolute Gasteiger partial charge is 0.437 e. The van der Waals surface area contributed by atoms with Crippen LogP contribution in [0.4, 0.5) is 5.69 Å². The molecule has 0 fully saturated rings. The van der Waals surface area contributed by atoms with Gasteiger partial charge in [0, 0.05) is 47.2 Å². The molecule has 0 unspecified atom stereocenters. The molecule has 3 heterocycles. The van der Waals surface area contributed by atoms with E-state index in [9.17, 15) is 4.79 Å². The van der Waals surface area contributed by atoms with E-state index in [2.05, 4.69) is 26.3 Å². The molecule has 2 aromatic carbocycles. The molecule has 36 heavy (non-hydrogen) atoms. The number of benzene rings is 2. The normalized spacial score (nSPS) is 11.8. The maximum absolute atomic E-state index is 12.5. The van der Waals surface area contributed by atoms with E-state index in [1.165, 1.54) is 0 Å². The first-order valence-electron chi connectivity index (χ1n) is 11.6. The number of carbonyl (C=O) groups excluding carboxylic acids is 1. The Bertz CT molecular complexity index is 1590. The Morgan fingerprint density at radius 2 is 2.00 bits per heavy atom. The second-order valence-corrected chi connectivity index (χ2v) is 8.75. The Morgan fingerprint density at radius 3 is 2.86 bits per heavy atom. The number of amides is 1. The number of H-pyrrole nitrogens is 1. The highest BCUT2D eigenvalue weighted by atomic mass is 16.5. The van der Waals surface area contributed by atoms with E-state index >= 15 is 0 Å². The van der Waals surface area contributed by atoms with Crippen LogP contribution in [0, 0.1) is 0 Å². The summed E-state index contributed by atoms with van der Waals surface area (Å²) < 4.78 is 6.01. The van der Waals surface area contributed by atoms with Gasteiger partial charge in [-0.15, -0.1) is 0 Å². The van der Waals surface area contributed by atoms with Crippen molar-refractivity contribution >= 4 is 33.7 Å². The number of hydrogen-bond acceptors (Lipinski definition) is 6. The summed E-state index contributed by atoms with van der Waals surface area (Å²) in [6, 6.07) is 17.3. The number of anilines is 1. The number of rotatable bonds is 7. The summed E-state index contributed by atoms with van der Waals surface area (Å²) in [5.74, 6) is 0.749. The minimum absolute atomic E-state index is 0.155.